The lowest BCUT2D eigenvalue weighted by molar-refractivity contribution is 1.01. The van der Waals surface area contributed by atoms with Crippen LogP contribution in [0.3, 0.4) is 0 Å². The van der Waals surface area contributed by atoms with Gasteiger partial charge in [-0.05, 0) is 36.1 Å². The number of fused-ring (bicyclic) bond motifs is 3. The molecule has 0 spiro atoms. The molecule has 0 aliphatic heterocycles. The van der Waals surface area contributed by atoms with Crippen molar-refractivity contribution in [2.24, 2.45) is 0 Å². The Hall–Kier alpha value is -2.40. The maximum Gasteiger partial charge on any atom is 0.0485 e. The molecule has 4 N–H and O–H groups in total. The summed E-state index contributed by atoms with van der Waals surface area (Å²) in [5, 5.41) is 0. The predicted octanol–water partition coefficient (Wildman–Crippen LogP) is 3.08. The van der Waals surface area contributed by atoms with Gasteiger partial charge in [0.15, 0.2) is 0 Å². The third-order valence-corrected chi connectivity index (χ3v) is 3.27. The normalized spacial score (nSPS) is 14.7. The van der Waals surface area contributed by atoms with Crippen LogP contribution in [0.1, 0.15) is 17.5 Å². The van der Waals surface area contributed by atoms with Crippen LogP contribution in [0.4, 0.5) is 11.4 Å². The molecule has 0 saturated carbocycles. The number of hydrogen-bond acceptors (Lipinski definition) is 2. The maximum atomic E-state index is 6.02. The summed E-state index contributed by atoms with van der Waals surface area (Å²) in [6.45, 7) is 0. The Morgan fingerprint density at radius 1 is 1.17 bits per heavy atom. The molecule has 2 heteroatoms. The minimum atomic E-state index is 0.732. The molecule has 88 valence electrons. The molecule has 1 aliphatic carbocycles. The molecule has 0 unspecified atom stereocenters. The molecule has 0 radical (unpaired) electrons. The van der Waals surface area contributed by atoms with Gasteiger partial charge in [0.05, 0.1) is 0 Å². The lowest BCUT2D eigenvalue weighted by Gasteiger charge is -2.14. The van der Waals surface area contributed by atoms with Crippen molar-refractivity contribution < 1.29 is 0 Å². The number of allylic oxidation sites excluding steroid dienone is 1. The van der Waals surface area contributed by atoms with E-state index in [2.05, 4.69) is 30.4 Å². The van der Waals surface area contributed by atoms with Crippen LogP contribution in [0.2, 0.25) is 0 Å². The van der Waals surface area contributed by atoms with E-state index >= 15 is 0 Å². The van der Waals surface area contributed by atoms with Crippen LogP contribution in [-0.2, 0) is 6.42 Å². The number of rotatable bonds is 0. The first-order valence-electron chi connectivity index (χ1n) is 6.03. The Kier molecular flexibility index (Phi) is 2.46. The van der Waals surface area contributed by atoms with E-state index in [0.29, 0.717) is 0 Å². The number of anilines is 2. The molecule has 0 atom stereocenters. The quantitative estimate of drug-likeness (QED) is 0.688. The molecule has 0 heterocycles. The van der Waals surface area contributed by atoms with Gasteiger partial charge in [0.2, 0.25) is 0 Å². The van der Waals surface area contributed by atoms with Gasteiger partial charge >= 0.3 is 0 Å². The highest BCUT2D eigenvalue weighted by atomic mass is 14.6. The van der Waals surface area contributed by atoms with Gasteiger partial charge in [-0.1, -0.05) is 30.4 Å². The smallest absolute Gasteiger partial charge is 0.0485 e. The average molecular weight is 234 g/mol. The number of nitrogen functional groups attached to an aromatic ring is 2. The fourth-order valence-corrected chi connectivity index (χ4v) is 2.35. The summed E-state index contributed by atoms with van der Waals surface area (Å²) in [4.78, 5) is 0. The molecule has 1 aliphatic rings. The SMILES string of the molecule is Nc1ccc2c(c1)-c1c#ccc(N)c1/C=C\CC2. The summed E-state index contributed by atoms with van der Waals surface area (Å²) in [6.07, 6.45) is 6.24. The summed E-state index contributed by atoms with van der Waals surface area (Å²) >= 11 is 0. The molecule has 0 saturated heterocycles. The first-order chi connectivity index (χ1) is 8.75. The van der Waals surface area contributed by atoms with E-state index in [4.69, 9.17) is 11.5 Å². The summed E-state index contributed by atoms with van der Waals surface area (Å²) in [5.74, 6) is 0. The van der Waals surface area contributed by atoms with Crippen molar-refractivity contribution in [3.05, 3.63) is 53.6 Å². The fraction of sp³-hybridized carbons (Fsp3) is 0.125. The molecule has 0 aromatic heterocycles. The maximum absolute atomic E-state index is 6.02. The van der Waals surface area contributed by atoms with Crippen molar-refractivity contribution in [2.45, 2.75) is 12.8 Å². The summed E-state index contributed by atoms with van der Waals surface area (Å²) in [5.41, 5.74) is 17.8. The van der Waals surface area contributed by atoms with E-state index in [1.165, 1.54) is 5.56 Å². The largest absolute Gasteiger partial charge is 0.399 e. The Morgan fingerprint density at radius 3 is 2.94 bits per heavy atom. The number of benzene rings is 1. The van der Waals surface area contributed by atoms with Gasteiger partial charge in [-0.25, -0.2) is 0 Å². The van der Waals surface area contributed by atoms with Gasteiger partial charge in [-0.3, -0.25) is 0 Å². The zero-order valence-corrected chi connectivity index (χ0v) is 10.0. The van der Waals surface area contributed by atoms with Gasteiger partial charge < -0.3 is 11.5 Å². The second-order valence-corrected chi connectivity index (χ2v) is 4.52. The molecule has 3 rings (SSSR count). The van der Waals surface area contributed by atoms with Crippen molar-refractivity contribution in [1.82, 2.24) is 0 Å². The molecule has 0 amide bonds. The Balaban J connectivity index is 2.32. The topological polar surface area (TPSA) is 52.0 Å². The summed E-state index contributed by atoms with van der Waals surface area (Å²) in [6, 6.07) is 13.9. The van der Waals surface area contributed by atoms with Crippen molar-refractivity contribution >= 4 is 17.5 Å². The van der Waals surface area contributed by atoms with Crippen LogP contribution in [0.15, 0.2) is 30.3 Å². The van der Waals surface area contributed by atoms with E-state index in [1.54, 1.807) is 6.07 Å². The lowest BCUT2D eigenvalue weighted by atomic mass is 9.91. The Labute approximate surface area is 107 Å². The van der Waals surface area contributed by atoms with Crippen LogP contribution < -0.4 is 11.5 Å². The van der Waals surface area contributed by atoms with Crippen LogP contribution in [0.5, 0.6) is 0 Å². The van der Waals surface area contributed by atoms with Crippen molar-refractivity contribution in [1.29, 1.82) is 0 Å². The summed E-state index contributed by atoms with van der Waals surface area (Å²) in [7, 11) is 0. The minimum absolute atomic E-state index is 0.732. The van der Waals surface area contributed by atoms with E-state index in [9.17, 15) is 0 Å². The second kappa shape index (κ2) is 4.12. The molecule has 2 aromatic carbocycles. The van der Waals surface area contributed by atoms with E-state index in [-0.39, 0.29) is 0 Å². The van der Waals surface area contributed by atoms with Gasteiger partial charge in [0.25, 0.3) is 0 Å². The fourth-order valence-electron chi connectivity index (χ4n) is 2.35. The van der Waals surface area contributed by atoms with Gasteiger partial charge in [0.1, 0.15) is 0 Å². The van der Waals surface area contributed by atoms with E-state index in [0.717, 1.165) is 40.9 Å². The third kappa shape index (κ3) is 1.70. The molecular formula is C16H14N2. The Bertz CT molecular complexity index is 627. The number of hydrogen-bond donors (Lipinski definition) is 2. The molecular weight excluding hydrogens is 220 g/mol. The van der Waals surface area contributed by atoms with Crippen LogP contribution in [0.25, 0.3) is 17.2 Å². The van der Waals surface area contributed by atoms with Crippen molar-refractivity contribution in [3.63, 3.8) is 0 Å². The first kappa shape index (κ1) is 10.7. The zero-order chi connectivity index (χ0) is 12.5. The monoisotopic (exact) mass is 234 g/mol. The van der Waals surface area contributed by atoms with Crippen LogP contribution in [-0.4, -0.2) is 0 Å². The van der Waals surface area contributed by atoms with Crippen LogP contribution >= 0.6 is 0 Å². The highest BCUT2D eigenvalue weighted by Crippen LogP contribution is 2.33. The van der Waals surface area contributed by atoms with Gasteiger partial charge in [0, 0.05) is 28.6 Å². The third-order valence-electron chi connectivity index (χ3n) is 3.27. The average Bonchev–Trinajstić information content (AvgIpc) is 2.34. The van der Waals surface area contributed by atoms with E-state index in [1.807, 2.05) is 12.1 Å². The number of aryl methyl sites for hydroxylation is 1. The standard InChI is InChI=1S/C16H14N2/c17-12-9-8-11-4-1-2-5-14-13(15(11)10-12)6-3-7-16(14)18/h2,5,7-10H,1,4,17-18H2/b5-2-. The Morgan fingerprint density at radius 2 is 2.06 bits per heavy atom. The molecule has 18 heavy (non-hydrogen) atoms. The number of nitrogens with two attached hydrogens (primary N) is 2. The summed E-state index contributed by atoms with van der Waals surface area (Å²) < 4.78 is 0. The van der Waals surface area contributed by atoms with Crippen LogP contribution in [0, 0.1) is 12.1 Å². The zero-order valence-electron chi connectivity index (χ0n) is 10.0. The predicted molar refractivity (Wildman–Crippen MR) is 75.7 cm³/mol. The molecule has 0 fully saturated rings. The molecule has 2 nitrogen and oxygen atoms in total. The van der Waals surface area contributed by atoms with E-state index < -0.39 is 0 Å². The van der Waals surface area contributed by atoms with Crippen molar-refractivity contribution in [3.8, 4) is 11.1 Å². The molecule has 0 bridgehead atoms. The van der Waals surface area contributed by atoms with Crippen molar-refractivity contribution in [2.75, 3.05) is 11.5 Å². The second-order valence-electron chi connectivity index (χ2n) is 4.52. The highest BCUT2D eigenvalue weighted by Gasteiger charge is 2.12. The highest BCUT2D eigenvalue weighted by molar-refractivity contribution is 5.83. The minimum Gasteiger partial charge on any atom is -0.399 e. The van der Waals surface area contributed by atoms with Gasteiger partial charge in [-0.2, -0.15) is 0 Å². The van der Waals surface area contributed by atoms with Gasteiger partial charge in [-0.15, -0.1) is 0 Å². The molecule has 2 aromatic rings. The lowest BCUT2D eigenvalue weighted by Crippen LogP contribution is -1.98. The first-order valence-corrected chi connectivity index (χ1v) is 6.03.